The number of fused-ring (bicyclic) bond motifs is 5. The van der Waals surface area contributed by atoms with Crippen molar-refractivity contribution in [2.45, 2.75) is 51.7 Å². The van der Waals surface area contributed by atoms with Gasteiger partial charge in [0.2, 0.25) is 0 Å². The lowest BCUT2D eigenvalue weighted by atomic mass is 9.84. The summed E-state index contributed by atoms with van der Waals surface area (Å²) in [6, 6.07) is 0. The molecule has 2 bridgehead atoms. The van der Waals surface area contributed by atoms with Crippen LogP contribution in [0.25, 0.3) is 0 Å². The van der Waals surface area contributed by atoms with E-state index in [-0.39, 0.29) is 58.1 Å². The van der Waals surface area contributed by atoms with Gasteiger partial charge in [0, 0.05) is 11.8 Å². The molecule has 1 aromatic rings. The van der Waals surface area contributed by atoms with E-state index in [1.165, 1.54) is 0 Å². The first-order chi connectivity index (χ1) is 18.6. The van der Waals surface area contributed by atoms with E-state index in [0.29, 0.717) is 0 Å². The normalized spacial score (nSPS) is 42.0. The van der Waals surface area contributed by atoms with Crippen molar-refractivity contribution in [3.8, 4) is 5.75 Å². The molecule has 0 aromatic heterocycles. The van der Waals surface area contributed by atoms with E-state index < -0.39 is 46.3 Å². The Morgan fingerprint density at radius 2 is 0.805 bits per heavy atom. The molecule has 5 rings (SSSR count). The molecule has 0 heterocycles. The van der Waals surface area contributed by atoms with Gasteiger partial charge in [0.05, 0.1) is 62.8 Å². The quantitative estimate of drug-likeness (QED) is 0.119. The van der Waals surface area contributed by atoms with Crippen LogP contribution in [-0.2, 0) is 0 Å². The van der Waals surface area contributed by atoms with Crippen molar-refractivity contribution >= 4 is 209 Å². The van der Waals surface area contributed by atoms with E-state index in [1.807, 2.05) is 12.2 Å². The van der Waals surface area contributed by atoms with E-state index in [0.717, 1.165) is 0 Å². The standard InChI is InChI=1S/C10H5Cl7.C6H6Cl6.C6HCl5O/c11-4-2-1-3-5(4)9(15)7(13)6(12)8(3,14)10(9,16)17;2*7-1-2(8)4(10)6(12)5(11)3(1)9/h1-5H;1-6H;12H. The molecule has 4 aliphatic rings. The van der Waals surface area contributed by atoms with E-state index in [9.17, 15) is 5.11 Å². The highest BCUT2D eigenvalue weighted by Crippen LogP contribution is 2.78. The Balaban J connectivity index is 0.000000174. The lowest BCUT2D eigenvalue weighted by Gasteiger charge is -2.37. The van der Waals surface area contributed by atoms with Crippen molar-refractivity contribution in [3.63, 3.8) is 0 Å². The number of phenolic OH excluding ortho intramolecular Hbond substituents is 1. The molecule has 1 aromatic carbocycles. The van der Waals surface area contributed by atoms with Crippen molar-refractivity contribution in [1.29, 1.82) is 0 Å². The second-order valence-corrected chi connectivity index (χ2v) is 17.8. The van der Waals surface area contributed by atoms with Gasteiger partial charge in [-0.1, -0.05) is 117 Å². The van der Waals surface area contributed by atoms with Gasteiger partial charge in [-0.15, -0.1) is 104 Å². The summed E-state index contributed by atoms with van der Waals surface area (Å²) in [6.45, 7) is 0. The minimum absolute atomic E-state index is 0.00904. The molecule has 1 N–H and O–H groups in total. The molecule has 2 saturated carbocycles. The van der Waals surface area contributed by atoms with E-state index >= 15 is 0 Å². The van der Waals surface area contributed by atoms with Crippen molar-refractivity contribution in [2.24, 2.45) is 11.8 Å². The van der Waals surface area contributed by atoms with Gasteiger partial charge < -0.3 is 5.11 Å². The fourth-order valence-electron chi connectivity index (χ4n) is 4.73. The summed E-state index contributed by atoms with van der Waals surface area (Å²) in [5.74, 6) is -0.833. The Kier molecular flexibility index (Phi) is 13.7. The second kappa shape index (κ2) is 14.3. The van der Waals surface area contributed by atoms with Crippen LogP contribution in [0.15, 0.2) is 22.2 Å². The minimum Gasteiger partial charge on any atom is -0.505 e. The summed E-state index contributed by atoms with van der Waals surface area (Å²) in [6.07, 6.45) is 3.69. The molecule has 41 heavy (non-hydrogen) atoms. The maximum Gasteiger partial charge on any atom is 0.167 e. The molecule has 5 atom stereocenters. The van der Waals surface area contributed by atoms with Crippen LogP contribution in [0.5, 0.6) is 5.75 Å². The van der Waals surface area contributed by atoms with Gasteiger partial charge in [-0.05, 0) is 0 Å². The number of phenols is 1. The molecule has 0 radical (unpaired) electrons. The molecule has 0 amide bonds. The maximum atomic E-state index is 9.20. The average molecular weight is 930 g/mol. The molecule has 0 saturated heterocycles. The van der Waals surface area contributed by atoms with E-state index in [4.69, 9.17) is 209 Å². The number of aromatic hydroxyl groups is 1. The number of hydrogen-bond acceptors (Lipinski definition) is 1. The van der Waals surface area contributed by atoms with Gasteiger partial charge in [-0.2, -0.15) is 0 Å². The SMILES string of the molecule is ClC1=C(Cl)C2(Cl)C3C(Cl)C=CC3C1(Cl)C2(Cl)Cl.ClC1C(Cl)C(Cl)C(Cl)C(Cl)C1Cl.Oc1c(Cl)c(Cl)c(Cl)c(Cl)c1Cl. The number of hydrogen-bond donors (Lipinski definition) is 1. The third-order valence-electron chi connectivity index (χ3n) is 6.91. The number of rotatable bonds is 0. The van der Waals surface area contributed by atoms with Crippen LogP contribution >= 0.6 is 209 Å². The van der Waals surface area contributed by atoms with Crippen molar-refractivity contribution in [1.82, 2.24) is 0 Å². The maximum absolute atomic E-state index is 9.20. The minimum atomic E-state index is -1.48. The molecule has 0 aliphatic heterocycles. The summed E-state index contributed by atoms with van der Waals surface area (Å²) in [4.78, 5) is -2.45. The molecule has 4 aliphatic carbocycles. The van der Waals surface area contributed by atoms with Crippen LogP contribution in [0.4, 0.5) is 0 Å². The highest BCUT2D eigenvalue weighted by atomic mass is 35.5. The Morgan fingerprint density at radius 3 is 1.17 bits per heavy atom. The third kappa shape index (κ3) is 6.21. The summed E-state index contributed by atoms with van der Waals surface area (Å²) in [5, 5.41) is 6.51. The van der Waals surface area contributed by atoms with Crippen LogP contribution in [0, 0.1) is 11.8 Å². The predicted octanol–water partition coefficient (Wildman–Crippen LogP) is 13.5. The fraction of sp³-hybridized carbons (Fsp3) is 0.545. The van der Waals surface area contributed by atoms with Crippen molar-refractivity contribution in [3.05, 3.63) is 47.3 Å². The van der Waals surface area contributed by atoms with Gasteiger partial charge in [0.25, 0.3) is 0 Å². The van der Waals surface area contributed by atoms with E-state index in [1.54, 1.807) is 0 Å². The third-order valence-corrected chi connectivity index (χ3v) is 17.9. The topological polar surface area (TPSA) is 20.2 Å². The monoisotopic (exact) mass is 922 g/mol. The molecule has 5 unspecified atom stereocenters. The van der Waals surface area contributed by atoms with Gasteiger partial charge in [-0.25, -0.2) is 0 Å². The van der Waals surface area contributed by atoms with E-state index in [2.05, 4.69) is 0 Å². The van der Waals surface area contributed by atoms with Crippen LogP contribution in [0.1, 0.15) is 0 Å². The molecule has 1 nitrogen and oxygen atoms in total. The second-order valence-electron chi connectivity index (χ2n) is 9.09. The molecule has 2 fully saturated rings. The molecular formula is C22H12Cl18O. The van der Waals surface area contributed by atoms with Crippen LogP contribution in [0.2, 0.25) is 25.1 Å². The molecule has 0 spiro atoms. The lowest BCUT2D eigenvalue weighted by molar-refractivity contribution is 0.420. The van der Waals surface area contributed by atoms with Crippen molar-refractivity contribution in [2.75, 3.05) is 0 Å². The number of benzene rings is 1. The number of halogens is 18. The van der Waals surface area contributed by atoms with Gasteiger partial charge in [0.1, 0.15) is 19.8 Å². The zero-order valence-electron chi connectivity index (χ0n) is 19.1. The zero-order valence-corrected chi connectivity index (χ0v) is 32.7. The average Bonchev–Trinajstić information content (AvgIpc) is 3.43. The first-order valence-electron chi connectivity index (χ1n) is 10.8. The zero-order chi connectivity index (χ0) is 31.7. The molecule has 232 valence electrons. The summed E-state index contributed by atoms with van der Waals surface area (Å²) >= 11 is 108. The predicted molar refractivity (Wildman–Crippen MR) is 187 cm³/mol. The summed E-state index contributed by atoms with van der Waals surface area (Å²) < 4.78 is -1.48. The van der Waals surface area contributed by atoms with Crippen LogP contribution in [0.3, 0.4) is 0 Å². The Hall–Kier alpha value is 3.72. The summed E-state index contributed by atoms with van der Waals surface area (Å²) in [5.41, 5.74) is 0. The van der Waals surface area contributed by atoms with Gasteiger partial charge >= 0.3 is 0 Å². The summed E-state index contributed by atoms with van der Waals surface area (Å²) in [7, 11) is 0. The molecule has 19 heteroatoms. The highest BCUT2D eigenvalue weighted by Gasteiger charge is 2.83. The molecular weight excluding hydrogens is 918 g/mol. The first-order valence-corrected chi connectivity index (χ1v) is 18.0. The van der Waals surface area contributed by atoms with Crippen LogP contribution in [-0.4, -0.2) is 56.8 Å². The largest absolute Gasteiger partial charge is 0.505 e. The smallest absolute Gasteiger partial charge is 0.167 e. The Bertz CT molecular complexity index is 1090. The fourth-order valence-corrected chi connectivity index (χ4v) is 11.7. The lowest BCUT2D eigenvalue weighted by Crippen LogP contribution is -2.52. The number of alkyl halides is 11. The number of allylic oxidation sites excluding steroid dienone is 4. The van der Waals surface area contributed by atoms with Crippen LogP contribution < -0.4 is 0 Å². The highest BCUT2D eigenvalue weighted by molar-refractivity contribution is 6.66. The Morgan fingerprint density at radius 1 is 0.488 bits per heavy atom. The van der Waals surface area contributed by atoms with Gasteiger partial charge in [-0.3, -0.25) is 0 Å². The van der Waals surface area contributed by atoms with Gasteiger partial charge in [0.15, 0.2) is 10.1 Å². The van der Waals surface area contributed by atoms with Crippen molar-refractivity contribution < 1.29 is 5.11 Å². The Labute approximate surface area is 326 Å². The first kappa shape index (κ1) is 39.2.